The van der Waals surface area contributed by atoms with E-state index >= 15 is 0 Å². The van der Waals surface area contributed by atoms with Crippen LogP contribution in [0, 0.1) is 0 Å². The molecule has 0 saturated heterocycles. The molecular weight excluding hydrogens is 228 g/mol. The highest BCUT2D eigenvalue weighted by atomic mass is 35.5. The van der Waals surface area contributed by atoms with Gasteiger partial charge in [-0.3, -0.25) is 4.79 Å². The topological polar surface area (TPSA) is 59.8 Å². The number of nitrogens with one attached hydrogen (secondary N) is 1. The van der Waals surface area contributed by atoms with Gasteiger partial charge in [-0.15, -0.1) is 21.8 Å². The fourth-order valence-electron chi connectivity index (χ4n) is 1.32. The molecule has 1 amide bonds. The minimum Gasteiger partial charge on any atom is -0.356 e. The Hall–Kier alpha value is -1.10. The van der Waals surface area contributed by atoms with Gasteiger partial charge in [0.2, 0.25) is 5.91 Å². The van der Waals surface area contributed by atoms with Crippen LogP contribution in [0.15, 0.2) is 6.33 Å². The summed E-state index contributed by atoms with van der Waals surface area (Å²) < 4.78 is 1.85. The second-order valence-electron chi connectivity index (χ2n) is 3.60. The van der Waals surface area contributed by atoms with Crippen molar-refractivity contribution in [3.63, 3.8) is 0 Å². The molecule has 0 aliphatic heterocycles. The van der Waals surface area contributed by atoms with E-state index in [1.807, 2.05) is 11.6 Å². The Balaban J connectivity index is 2.11. The lowest BCUT2D eigenvalue weighted by atomic mass is 10.2. The molecule has 0 aliphatic rings. The quantitative estimate of drug-likeness (QED) is 0.572. The molecule has 6 heteroatoms. The van der Waals surface area contributed by atoms with Gasteiger partial charge in [-0.2, -0.15) is 0 Å². The molecule has 0 saturated carbocycles. The Labute approximate surface area is 100 Å². The maximum Gasteiger partial charge on any atom is 0.220 e. The third-order valence-corrected chi connectivity index (χ3v) is 2.53. The third kappa shape index (κ3) is 4.61. The van der Waals surface area contributed by atoms with Crippen molar-refractivity contribution in [1.29, 1.82) is 0 Å². The molecule has 0 bridgehead atoms. The summed E-state index contributed by atoms with van der Waals surface area (Å²) >= 11 is 5.52. The number of hydrogen-bond acceptors (Lipinski definition) is 3. The molecule has 5 nitrogen and oxygen atoms in total. The largest absolute Gasteiger partial charge is 0.356 e. The Kier molecular flexibility index (Phi) is 5.85. The number of carbonyl (C=O) groups is 1. The molecule has 1 aromatic heterocycles. The van der Waals surface area contributed by atoms with Crippen molar-refractivity contribution in [2.45, 2.75) is 25.7 Å². The van der Waals surface area contributed by atoms with Gasteiger partial charge in [0.15, 0.2) is 0 Å². The van der Waals surface area contributed by atoms with Crippen molar-refractivity contribution in [3.8, 4) is 0 Å². The van der Waals surface area contributed by atoms with Crippen molar-refractivity contribution in [1.82, 2.24) is 20.1 Å². The number of nitrogens with zero attached hydrogens (tertiary/aromatic N) is 3. The third-order valence-electron chi connectivity index (χ3n) is 2.26. The summed E-state index contributed by atoms with van der Waals surface area (Å²) in [4.78, 5) is 11.3. The molecule has 0 spiro atoms. The number of aromatic nitrogens is 3. The molecule has 16 heavy (non-hydrogen) atoms. The van der Waals surface area contributed by atoms with Crippen LogP contribution in [-0.2, 0) is 18.3 Å². The fourth-order valence-corrected chi connectivity index (χ4v) is 1.50. The smallest absolute Gasteiger partial charge is 0.220 e. The van der Waals surface area contributed by atoms with Gasteiger partial charge >= 0.3 is 0 Å². The van der Waals surface area contributed by atoms with Crippen molar-refractivity contribution in [2.24, 2.45) is 7.05 Å². The zero-order valence-corrected chi connectivity index (χ0v) is 10.2. The molecule has 1 rings (SSSR count). The van der Waals surface area contributed by atoms with Gasteiger partial charge in [0.25, 0.3) is 0 Å². The summed E-state index contributed by atoms with van der Waals surface area (Å²) in [5.41, 5.74) is 0. The van der Waals surface area contributed by atoms with E-state index in [4.69, 9.17) is 11.6 Å². The summed E-state index contributed by atoms with van der Waals surface area (Å²) in [6, 6.07) is 0. The monoisotopic (exact) mass is 244 g/mol. The first-order valence-electron chi connectivity index (χ1n) is 5.39. The second kappa shape index (κ2) is 7.22. The van der Waals surface area contributed by atoms with Gasteiger partial charge in [0.05, 0.1) is 0 Å². The SMILES string of the molecule is Cn1cnnc1CCNC(=O)CCCCCl. The molecule has 90 valence electrons. The van der Waals surface area contributed by atoms with Crippen LogP contribution < -0.4 is 5.32 Å². The Morgan fingerprint density at radius 2 is 2.38 bits per heavy atom. The standard InChI is InChI=1S/C10H17ClN4O/c1-15-8-13-14-9(15)5-7-12-10(16)4-2-3-6-11/h8H,2-7H2,1H3,(H,12,16). The molecule has 1 N–H and O–H groups in total. The highest BCUT2D eigenvalue weighted by Crippen LogP contribution is 1.97. The predicted molar refractivity (Wildman–Crippen MR) is 62.3 cm³/mol. The Morgan fingerprint density at radius 3 is 3.00 bits per heavy atom. The van der Waals surface area contributed by atoms with E-state index in [-0.39, 0.29) is 5.91 Å². The summed E-state index contributed by atoms with van der Waals surface area (Å²) in [7, 11) is 1.89. The summed E-state index contributed by atoms with van der Waals surface area (Å²) in [5, 5.41) is 10.5. The first kappa shape index (κ1) is 13.0. The minimum atomic E-state index is 0.0762. The van der Waals surface area contributed by atoms with Crippen LogP contribution in [0.3, 0.4) is 0 Å². The number of halogens is 1. The number of unbranched alkanes of at least 4 members (excludes halogenated alkanes) is 1. The lowest BCUT2D eigenvalue weighted by Gasteiger charge is -2.04. The Bertz CT molecular complexity index is 326. The van der Waals surface area contributed by atoms with Gasteiger partial charge in [-0.05, 0) is 12.8 Å². The van der Waals surface area contributed by atoms with Crippen LogP contribution >= 0.6 is 11.6 Å². The average molecular weight is 245 g/mol. The highest BCUT2D eigenvalue weighted by Gasteiger charge is 2.03. The molecule has 0 fully saturated rings. The van der Waals surface area contributed by atoms with Gasteiger partial charge in [-0.1, -0.05) is 0 Å². The first-order chi connectivity index (χ1) is 7.74. The first-order valence-corrected chi connectivity index (χ1v) is 5.93. The average Bonchev–Trinajstić information content (AvgIpc) is 2.65. The van der Waals surface area contributed by atoms with E-state index in [0.717, 1.165) is 18.7 Å². The number of alkyl halides is 1. The van der Waals surface area contributed by atoms with Gasteiger partial charge in [0, 0.05) is 32.3 Å². The molecule has 0 aliphatic carbocycles. The Morgan fingerprint density at radius 1 is 1.56 bits per heavy atom. The van der Waals surface area contributed by atoms with Crippen molar-refractivity contribution < 1.29 is 4.79 Å². The van der Waals surface area contributed by atoms with Crippen LogP contribution in [0.4, 0.5) is 0 Å². The zero-order valence-electron chi connectivity index (χ0n) is 9.45. The van der Waals surface area contributed by atoms with Gasteiger partial charge in [-0.25, -0.2) is 0 Å². The molecule has 0 radical (unpaired) electrons. The molecular formula is C10H17ClN4O. The number of amides is 1. The van der Waals surface area contributed by atoms with E-state index in [2.05, 4.69) is 15.5 Å². The number of rotatable bonds is 7. The predicted octanol–water partition coefficient (Wildman–Crippen LogP) is 0.883. The van der Waals surface area contributed by atoms with Crippen LogP contribution in [0.2, 0.25) is 0 Å². The molecule has 0 atom stereocenters. The van der Waals surface area contributed by atoms with Crippen molar-refractivity contribution >= 4 is 17.5 Å². The van der Waals surface area contributed by atoms with E-state index < -0.39 is 0 Å². The molecule has 1 aromatic rings. The summed E-state index contributed by atoms with van der Waals surface area (Å²) in [6.07, 6.45) is 4.64. The maximum absolute atomic E-state index is 11.3. The fraction of sp³-hybridized carbons (Fsp3) is 0.700. The summed E-state index contributed by atoms with van der Waals surface area (Å²) in [6.45, 7) is 0.603. The van der Waals surface area contributed by atoms with Crippen LogP contribution in [0.1, 0.15) is 25.1 Å². The molecule has 1 heterocycles. The van der Waals surface area contributed by atoms with Crippen molar-refractivity contribution in [2.75, 3.05) is 12.4 Å². The van der Waals surface area contributed by atoms with Crippen molar-refractivity contribution in [3.05, 3.63) is 12.2 Å². The highest BCUT2D eigenvalue weighted by molar-refractivity contribution is 6.17. The van der Waals surface area contributed by atoms with Gasteiger partial charge in [0.1, 0.15) is 12.2 Å². The van der Waals surface area contributed by atoms with E-state index in [1.165, 1.54) is 0 Å². The number of hydrogen-bond donors (Lipinski definition) is 1. The van der Waals surface area contributed by atoms with Crippen LogP contribution in [0.5, 0.6) is 0 Å². The normalized spacial score (nSPS) is 10.4. The lowest BCUT2D eigenvalue weighted by Crippen LogP contribution is -2.26. The van der Waals surface area contributed by atoms with E-state index in [9.17, 15) is 4.79 Å². The van der Waals surface area contributed by atoms with Gasteiger partial charge < -0.3 is 9.88 Å². The summed E-state index contributed by atoms with van der Waals surface area (Å²) in [5.74, 6) is 1.57. The van der Waals surface area contributed by atoms with E-state index in [0.29, 0.717) is 25.3 Å². The van der Waals surface area contributed by atoms with E-state index in [1.54, 1.807) is 6.33 Å². The van der Waals surface area contributed by atoms with Crippen LogP contribution in [-0.4, -0.2) is 33.1 Å². The molecule has 0 unspecified atom stereocenters. The number of aryl methyl sites for hydroxylation is 1. The van der Waals surface area contributed by atoms with Crippen LogP contribution in [0.25, 0.3) is 0 Å². The maximum atomic E-state index is 11.3. The minimum absolute atomic E-state index is 0.0762. The second-order valence-corrected chi connectivity index (χ2v) is 3.98. The number of carbonyl (C=O) groups excluding carboxylic acids is 1. The zero-order chi connectivity index (χ0) is 11.8. The lowest BCUT2D eigenvalue weighted by molar-refractivity contribution is -0.121. The molecule has 0 aromatic carbocycles.